The largest absolute Gasteiger partial charge is 0.497 e. The Morgan fingerprint density at radius 3 is 2.26 bits per heavy atom. The number of methoxy groups -OCH3 is 4. The van der Waals surface area contributed by atoms with Gasteiger partial charge in [-0.15, -0.1) is 0 Å². The van der Waals surface area contributed by atoms with Crippen LogP contribution in [0.2, 0.25) is 0 Å². The Morgan fingerprint density at radius 1 is 0.814 bits per heavy atom. The van der Waals surface area contributed by atoms with E-state index in [-0.39, 0.29) is 24.3 Å². The van der Waals surface area contributed by atoms with E-state index in [1.165, 1.54) is 7.11 Å². The molecule has 1 heterocycles. The van der Waals surface area contributed by atoms with Crippen molar-refractivity contribution in [1.82, 2.24) is 14.8 Å². The summed E-state index contributed by atoms with van der Waals surface area (Å²) in [6, 6.07) is 18.8. The molecule has 4 rings (SSSR count). The molecule has 43 heavy (non-hydrogen) atoms. The van der Waals surface area contributed by atoms with Crippen LogP contribution in [0.1, 0.15) is 35.3 Å². The molecule has 0 unspecified atom stereocenters. The second kappa shape index (κ2) is 14.5. The van der Waals surface area contributed by atoms with E-state index in [0.717, 1.165) is 22.0 Å². The van der Waals surface area contributed by atoms with Gasteiger partial charge < -0.3 is 33.7 Å². The summed E-state index contributed by atoms with van der Waals surface area (Å²) < 4.78 is 21.7. The number of hydrogen-bond acceptors (Lipinski definition) is 6. The van der Waals surface area contributed by atoms with Crippen molar-refractivity contribution in [3.05, 3.63) is 83.6 Å². The van der Waals surface area contributed by atoms with Gasteiger partial charge in [-0.3, -0.25) is 9.59 Å². The second-order valence-electron chi connectivity index (χ2n) is 10.8. The van der Waals surface area contributed by atoms with Gasteiger partial charge in [0, 0.05) is 42.8 Å². The molecule has 0 atom stereocenters. The molecule has 0 spiro atoms. The number of carbonyl (C=O) groups is 2. The van der Waals surface area contributed by atoms with Gasteiger partial charge in [-0.05, 0) is 53.8 Å². The summed E-state index contributed by atoms with van der Waals surface area (Å²) in [5.74, 6) is 1.90. The highest BCUT2D eigenvalue weighted by Crippen LogP contribution is 2.29. The third kappa shape index (κ3) is 7.60. The van der Waals surface area contributed by atoms with Gasteiger partial charge in [0.15, 0.2) is 11.5 Å². The van der Waals surface area contributed by atoms with Gasteiger partial charge in [0.1, 0.15) is 18.0 Å². The number of nitrogens with one attached hydrogen (secondary N) is 1. The number of benzene rings is 3. The summed E-state index contributed by atoms with van der Waals surface area (Å²) >= 11 is 0. The number of hydrogen-bond donors (Lipinski definition) is 1. The Bertz CT molecular complexity index is 1550. The molecule has 0 aliphatic carbocycles. The number of aromatic amines is 1. The quantitative estimate of drug-likeness (QED) is 0.207. The molecule has 4 aromatic rings. The van der Waals surface area contributed by atoms with E-state index in [0.29, 0.717) is 54.6 Å². The van der Waals surface area contributed by atoms with Crippen LogP contribution in [0, 0.1) is 5.92 Å². The van der Waals surface area contributed by atoms with E-state index >= 15 is 0 Å². The Hall–Kier alpha value is -4.66. The highest BCUT2D eigenvalue weighted by Gasteiger charge is 2.26. The number of aromatic nitrogens is 1. The molecular formula is C34H41N3O6. The smallest absolute Gasteiger partial charge is 0.258 e. The van der Waals surface area contributed by atoms with Crippen LogP contribution < -0.4 is 18.9 Å². The van der Waals surface area contributed by atoms with Crippen molar-refractivity contribution in [2.24, 2.45) is 5.92 Å². The maximum atomic E-state index is 14.0. The van der Waals surface area contributed by atoms with E-state index in [2.05, 4.69) is 11.1 Å². The van der Waals surface area contributed by atoms with Gasteiger partial charge in [0.25, 0.3) is 5.91 Å². The molecule has 1 N–H and O–H groups in total. The molecule has 3 aromatic carbocycles. The lowest BCUT2D eigenvalue weighted by Gasteiger charge is -2.29. The molecule has 9 nitrogen and oxygen atoms in total. The number of rotatable bonds is 14. The number of carbonyl (C=O) groups excluding carboxylic acids is 2. The van der Waals surface area contributed by atoms with Crippen molar-refractivity contribution in [2.45, 2.75) is 26.8 Å². The minimum atomic E-state index is -0.274. The van der Waals surface area contributed by atoms with E-state index in [9.17, 15) is 9.59 Å². The zero-order valence-corrected chi connectivity index (χ0v) is 25.8. The molecule has 0 saturated carbocycles. The highest BCUT2D eigenvalue weighted by molar-refractivity contribution is 5.99. The van der Waals surface area contributed by atoms with Crippen molar-refractivity contribution < 1.29 is 28.5 Å². The molecule has 9 heteroatoms. The van der Waals surface area contributed by atoms with Gasteiger partial charge in [-0.1, -0.05) is 38.1 Å². The molecule has 0 bridgehead atoms. The maximum absolute atomic E-state index is 14.0. The third-order valence-corrected chi connectivity index (χ3v) is 7.34. The fraction of sp³-hybridized carbons (Fsp3) is 0.353. The minimum absolute atomic E-state index is 0.0760. The maximum Gasteiger partial charge on any atom is 0.258 e. The first-order valence-electron chi connectivity index (χ1n) is 14.3. The molecule has 0 fully saturated rings. The number of nitrogens with zero attached hydrogens (tertiary/aromatic N) is 2. The summed E-state index contributed by atoms with van der Waals surface area (Å²) in [4.78, 5) is 34.6. The van der Waals surface area contributed by atoms with Crippen LogP contribution in [0.3, 0.4) is 0 Å². The van der Waals surface area contributed by atoms with Crippen LogP contribution >= 0.6 is 0 Å². The number of H-pyrrole nitrogens is 1. The van der Waals surface area contributed by atoms with E-state index in [4.69, 9.17) is 18.9 Å². The predicted octanol–water partition coefficient (Wildman–Crippen LogP) is 5.57. The Labute approximate surface area is 253 Å². The molecule has 0 saturated heterocycles. The summed E-state index contributed by atoms with van der Waals surface area (Å²) in [6.07, 6.45) is 2.64. The van der Waals surface area contributed by atoms with Crippen molar-refractivity contribution in [1.29, 1.82) is 0 Å². The first-order chi connectivity index (χ1) is 20.8. The number of amides is 2. The summed E-state index contributed by atoms with van der Waals surface area (Å²) in [5, 5.41) is 1.13. The molecular weight excluding hydrogens is 546 g/mol. The van der Waals surface area contributed by atoms with Crippen molar-refractivity contribution in [3.8, 4) is 23.0 Å². The third-order valence-electron chi connectivity index (χ3n) is 7.34. The first kappa shape index (κ1) is 31.3. The van der Waals surface area contributed by atoms with Crippen molar-refractivity contribution in [2.75, 3.05) is 48.1 Å². The topological polar surface area (TPSA) is 93.3 Å². The Kier molecular flexibility index (Phi) is 10.5. The zero-order valence-electron chi connectivity index (χ0n) is 25.8. The molecule has 0 aliphatic heterocycles. The van der Waals surface area contributed by atoms with Crippen molar-refractivity contribution in [3.63, 3.8) is 0 Å². The fourth-order valence-electron chi connectivity index (χ4n) is 5.15. The summed E-state index contributed by atoms with van der Waals surface area (Å²) in [5.41, 5.74) is 3.45. The molecule has 1 aromatic heterocycles. The zero-order chi connectivity index (χ0) is 30.9. The minimum Gasteiger partial charge on any atom is -0.497 e. The van der Waals surface area contributed by atoms with E-state index in [1.54, 1.807) is 49.3 Å². The van der Waals surface area contributed by atoms with Crippen LogP contribution in [-0.2, 0) is 17.8 Å². The van der Waals surface area contributed by atoms with E-state index in [1.807, 2.05) is 56.4 Å². The average molecular weight is 588 g/mol. The van der Waals surface area contributed by atoms with Gasteiger partial charge >= 0.3 is 0 Å². The van der Waals surface area contributed by atoms with Crippen LogP contribution in [0.15, 0.2) is 66.9 Å². The number of para-hydroxylation sites is 1. The van der Waals surface area contributed by atoms with Crippen LogP contribution in [0.5, 0.6) is 23.0 Å². The monoisotopic (exact) mass is 587 g/mol. The second-order valence-corrected chi connectivity index (χ2v) is 10.8. The van der Waals surface area contributed by atoms with Crippen LogP contribution in [0.25, 0.3) is 10.9 Å². The number of fused-ring (bicyclic) bond motifs is 1. The molecule has 0 aliphatic rings. The Morgan fingerprint density at radius 2 is 1.56 bits per heavy atom. The summed E-state index contributed by atoms with van der Waals surface area (Å²) in [6.45, 7) is 5.18. The lowest BCUT2D eigenvalue weighted by molar-refractivity contribution is -0.132. The standard InChI is InChI=1S/C34H41N3O6/c1-23(2)20-37(34(39)28-13-12-26(40-3)18-31(28)42-5)22-33(38)36(21-24-11-14-30(41-4)32(17-24)43-6)16-15-25-19-35-29-10-8-7-9-27(25)29/h7-14,17-19,23,35H,15-16,20-22H2,1-6H3. The van der Waals surface area contributed by atoms with Gasteiger partial charge in [0.2, 0.25) is 5.91 Å². The van der Waals surface area contributed by atoms with Gasteiger partial charge in [-0.25, -0.2) is 0 Å². The molecule has 0 radical (unpaired) electrons. The first-order valence-corrected chi connectivity index (χ1v) is 14.3. The lowest BCUT2D eigenvalue weighted by Crippen LogP contribution is -2.44. The SMILES string of the molecule is COc1ccc(C(=O)N(CC(=O)N(CCc2c[nH]c3ccccc23)Cc2ccc(OC)c(OC)c2)CC(C)C)c(OC)c1. The highest BCUT2D eigenvalue weighted by atomic mass is 16.5. The molecule has 228 valence electrons. The van der Waals surface area contributed by atoms with Gasteiger partial charge in [0.05, 0.1) is 34.0 Å². The number of ether oxygens (including phenoxy) is 4. The van der Waals surface area contributed by atoms with Crippen molar-refractivity contribution >= 4 is 22.7 Å². The predicted molar refractivity (Wildman–Crippen MR) is 167 cm³/mol. The normalized spacial score (nSPS) is 11.0. The van der Waals surface area contributed by atoms with Crippen LogP contribution in [-0.4, -0.2) is 74.7 Å². The van der Waals surface area contributed by atoms with Gasteiger partial charge in [-0.2, -0.15) is 0 Å². The van der Waals surface area contributed by atoms with Crippen LogP contribution in [0.4, 0.5) is 0 Å². The average Bonchev–Trinajstić information content (AvgIpc) is 3.44. The fourth-order valence-corrected chi connectivity index (χ4v) is 5.15. The lowest BCUT2D eigenvalue weighted by atomic mass is 10.1. The van der Waals surface area contributed by atoms with E-state index < -0.39 is 0 Å². The molecule has 2 amide bonds. The Balaban J connectivity index is 1.62. The summed E-state index contributed by atoms with van der Waals surface area (Å²) in [7, 11) is 6.25.